The molecule has 0 amide bonds. The number of hydrogen-bond donors (Lipinski definition) is 1. The van der Waals surface area contributed by atoms with Gasteiger partial charge in [-0.1, -0.05) is 12.1 Å². The zero-order valence-electron chi connectivity index (χ0n) is 10.1. The zero-order chi connectivity index (χ0) is 13.4. The van der Waals surface area contributed by atoms with Crippen molar-refractivity contribution in [2.45, 2.75) is 0 Å². The Hall–Kier alpha value is -2.69. The Kier molecular flexibility index (Phi) is 2.52. The van der Waals surface area contributed by atoms with Crippen molar-refractivity contribution in [1.82, 2.24) is 9.97 Å². The highest BCUT2D eigenvalue weighted by Crippen LogP contribution is 2.27. The molecular formula is C14H10N2O3. The molecule has 3 rings (SSSR count). The third-order valence-corrected chi connectivity index (χ3v) is 2.91. The van der Waals surface area contributed by atoms with Crippen LogP contribution in [-0.4, -0.2) is 28.2 Å². The average Bonchev–Trinajstić information content (AvgIpc) is 2.43. The van der Waals surface area contributed by atoms with Crippen LogP contribution in [0.25, 0.3) is 22.1 Å². The molecule has 5 heteroatoms. The fourth-order valence-electron chi connectivity index (χ4n) is 2.05. The van der Waals surface area contributed by atoms with Crippen molar-refractivity contribution in [3.05, 3.63) is 42.0 Å². The van der Waals surface area contributed by atoms with Crippen LogP contribution >= 0.6 is 0 Å². The van der Waals surface area contributed by atoms with Crippen molar-refractivity contribution in [2.24, 2.45) is 0 Å². The molecule has 0 unspecified atom stereocenters. The van der Waals surface area contributed by atoms with Crippen molar-refractivity contribution in [1.29, 1.82) is 0 Å². The highest BCUT2D eigenvalue weighted by atomic mass is 16.5. The number of ether oxygens (including phenoxy) is 1. The van der Waals surface area contributed by atoms with Crippen LogP contribution < -0.4 is 4.74 Å². The predicted octanol–water partition coefficient (Wildman–Crippen LogP) is 2.49. The van der Waals surface area contributed by atoms with Gasteiger partial charge in [-0.2, -0.15) is 0 Å². The molecule has 2 aromatic carbocycles. The maximum absolute atomic E-state index is 11.4. The first-order valence-corrected chi connectivity index (χ1v) is 5.67. The topological polar surface area (TPSA) is 72.3 Å². The molecule has 94 valence electrons. The molecule has 19 heavy (non-hydrogen) atoms. The summed E-state index contributed by atoms with van der Waals surface area (Å²) in [6, 6.07) is 10.6. The number of para-hydroxylation sites is 2. The Labute approximate surface area is 108 Å². The van der Waals surface area contributed by atoms with E-state index in [0.29, 0.717) is 16.6 Å². The maximum Gasteiger partial charge on any atom is 0.341 e. The fraction of sp³-hybridized carbons (Fsp3) is 0.0714. The number of benzene rings is 2. The number of carbonyl (C=O) groups is 1. The quantitative estimate of drug-likeness (QED) is 0.711. The van der Waals surface area contributed by atoms with Gasteiger partial charge in [0.2, 0.25) is 0 Å². The predicted molar refractivity (Wildman–Crippen MR) is 70.6 cm³/mol. The van der Waals surface area contributed by atoms with E-state index in [2.05, 4.69) is 9.97 Å². The minimum Gasteiger partial charge on any atom is -0.496 e. The first-order chi connectivity index (χ1) is 9.20. The smallest absolute Gasteiger partial charge is 0.341 e. The molecule has 0 radical (unpaired) electrons. The summed E-state index contributed by atoms with van der Waals surface area (Å²) in [5, 5.41) is 9.32. The van der Waals surface area contributed by atoms with Crippen molar-refractivity contribution in [3.63, 3.8) is 0 Å². The molecule has 0 saturated heterocycles. The molecule has 1 aromatic heterocycles. The Morgan fingerprint density at radius 2 is 1.74 bits per heavy atom. The van der Waals surface area contributed by atoms with Crippen LogP contribution in [0, 0.1) is 0 Å². The van der Waals surface area contributed by atoms with E-state index in [0.717, 1.165) is 5.52 Å². The molecule has 0 aliphatic heterocycles. The Bertz CT molecular complexity index is 799. The first kappa shape index (κ1) is 11.4. The minimum atomic E-state index is -1.08. The van der Waals surface area contributed by atoms with Crippen LogP contribution in [-0.2, 0) is 0 Å². The summed E-state index contributed by atoms with van der Waals surface area (Å²) in [6.45, 7) is 0. The van der Waals surface area contributed by atoms with Crippen molar-refractivity contribution < 1.29 is 14.6 Å². The zero-order valence-corrected chi connectivity index (χ0v) is 10.1. The molecule has 3 aromatic rings. The normalized spacial score (nSPS) is 10.8. The van der Waals surface area contributed by atoms with Gasteiger partial charge in [0.15, 0.2) is 0 Å². The van der Waals surface area contributed by atoms with Gasteiger partial charge in [0.1, 0.15) is 16.8 Å². The number of rotatable bonds is 2. The van der Waals surface area contributed by atoms with E-state index in [1.165, 1.54) is 7.11 Å². The lowest BCUT2D eigenvalue weighted by molar-refractivity contribution is 0.0695. The number of hydrogen-bond acceptors (Lipinski definition) is 4. The summed E-state index contributed by atoms with van der Waals surface area (Å²) < 4.78 is 5.08. The van der Waals surface area contributed by atoms with Crippen LogP contribution in [0.4, 0.5) is 0 Å². The molecule has 0 atom stereocenters. The number of nitrogens with zero attached hydrogens (tertiary/aromatic N) is 2. The van der Waals surface area contributed by atoms with Crippen molar-refractivity contribution in [2.75, 3.05) is 7.11 Å². The molecule has 1 N–H and O–H groups in total. The van der Waals surface area contributed by atoms with E-state index in [9.17, 15) is 9.90 Å². The second kappa shape index (κ2) is 4.20. The third kappa shape index (κ3) is 1.76. The van der Waals surface area contributed by atoms with Crippen LogP contribution in [0.15, 0.2) is 36.4 Å². The van der Waals surface area contributed by atoms with Gasteiger partial charge < -0.3 is 9.84 Å². The van der Waals surface area contributed by atoms with E-state index in [-0.39, 0.29) is 11.3 Å². The molecule has 0 aliphatic carbocycles. The number of carboxylic acid groups (broad SMARTS) is 1. The lowest BCUT2D eigenvalue weighted by Gasteiger charge is -2.08. The molecule has 0 saturated carbocycles. The van der Waals surface area contributed by atoms with Gasteiger partial charge >= 0.3 is 5.97 Å². The second-order valence-electron chi connectivity index (χ2n) is 4.03. The summed E-state index contributed by atoms with van der Waals surface area (Å²) in [7, 11) is 1.43. The Morgan fingerprint density at radius 1 is 1.05 bits per heavy atom. The summed E-state index contributed by atoms with van der Waals surface area (Å²) in [5.41, 5.74) is 2.31. The van der Waals surface area contributed by atoms with Crippen LogP contribution in [0.3, 0.4) is 0 Å². The largest absolute Gasteiger partial charge is 0.496 e. The third-order valence-electron chi connectivity index (χ3n) is 2.91. The highest BCUT2D eigenvalue weighted by Gasteiger charge is 2.17. The summed E-state index contributed by atoms with van der Waals surface area (Å²) >= 11 is 0. The number of fused-ring (bicyclic) bond motifs is 2. The van der Waals surface area contributed by atoms with Crippen LogP contribution in [0.2, 0.25) is 0 Å². The highest BCUT2D eigenvalue weighted by molar-refractivity contribution is 6.05. The van der Waals surface area contributed by atoms with E-state index in [1.807, 2.05) is 18.2 Å². The molecule has 0 aliphatic rings. The number of methoxy groups -OCH3 is 1. The molecule has 0 fully saturated rings. The molecular weight excluding hydrogens is 244 g/mol. The molecule has 5 nitrogen and oxygen atoms in total. The maximum atomic E-state index is 11.4. The van der Waals surface area contributed by atoms with Crippen molar-refractivity contribution >= 4 is 28.0 Å². The molecule has 0 bridgehead atoms. The van der Waals surface area contributed by atoms with Gasteiger partial charge in [-0.15, -0.1) is 0 Å². The van der Waals surface area contributed by atoms with Crippen LogP contribution in [0.5, 0.6) is 5.75 Å². The summed E-state index contributed by atoms with van der Waals surface area (Å²) in [4.78, 5) is 20.2. The minimum absolute atomic E-state index is 0.0400. The van der Waals surface area contributed by atoms with Crippen molar-refractivity contribution in [3.8, 4) is 5.75 Å². The van der Waals surface area contributed by atoms with Gasteiger partial charge in [0, 0.05) is 0 Å². The first-order valence-electron chi connectivity index (χ1n) is 5.67. The fourth-order valence-corrected chi connectivity index (χ4v) is 2.05. The van der Waals surface area contributed by atoms with E-state index >= 15 is 0 Å². The SMILES string of the molecule is COc1ccc2nc3ccccc3nc2c1C(=O)O. The monoisotopic (exact) mass is 254 g/mol. The van der Waals surface area contributed by atoms with Gasteiger partial charge in [-0.05, 0) is 24.3 Å². The summed E-state index contributed by atoms with van der Waals surface area (Å²) in [6.07, 6.45) is 0. The lowest BCUT2D eigenvalue weighted by atomic mass is 10.1. The number of aromatic nitrogens is 2. The number of aromatic carboxylic acids is 1. The second-order valence-corrected chi connectivity index (χ2v) is 4.03. The average molecular weight is 254 g/mol. The van der Waals surface area contributed by atoms with E-state index in [1.54, 1.807) is 18.2 Å². The van der Waals surface area contributed by atoms with Gasteiger partial charge in [-0.25, -0.2) is 14.8 Å². The van der Waals surface area contributed by atoms with Gasteiger partial charge in [-0.3, -0.25) is 0 Å². The molecule has 1 heterocycles. The Balaban J connectivity index is 2.47. The standard InChI is InChI=1S/C14H10N2O3/c1-19-11-7-6-10-13(12(11)14(17)18)16-9-5-3-2-4-8(9)15-10/h2-7H,1H3,(H,17,18). The van der Waals surface area contributed by atoms with Gasteiger partial charge in [0.05, 0.1) is 23.7 Å². The number of carboxylic acids is 1. The summed E-state index contributed by atoms with van der Waals surface area (Å²) in [5.74, 6) is -0.795. The van der Waals surface area contributed by atoms with Crippen LogP contribution in [0.1, 0.15) is 10.4 Å². The molecule has 0 spiro atoms. The lowest BCUT2D eigenvalue weighted by Crippen LogP contribution is -2.03. The van der Waals surface area contributed by atoms with Gasteiger partial charge in [0.25, 0.3) is 0 Å². The van der Waals surface area contributed by atoms with E-state index < -0.39 is 5.97 Å². The Morgan fingerprint density at radius 3 is 2.37 bits per heavy atom. The van der Waals surface area contributed by atoms with E-state index in [4.69, 9.17) is 4.74 Å².